The van der Waals surface area contributed by atoms with E-state index < -0.39 is 88.1 Å². The molecule has 6 rings (SSSR count). The van der Waals surface area contributed by atoms with Crippen molar-refractivity contribution in [2.45, 2.75) is 102 Å². The number of nitrogens with two attached hydrogens (primary N) is 2. The third-order valence-corrected chi connectivity index (χ3v) is 11.3. The van der Waals surface area contributed by atoms with Crippen LogP contribution in [0.2, 0.25) is 0 Å². The fourth-order valence-electron chi connectivity index (χ4n) is 6.42. The summed E-state index contributed by atoms with van der Waals surface area (Å²) in [6, 6.07) is 0. The lowest BCUT2D eigenvalue weighted by Gasteiger charge is -2.25. The molecule has 4 aliphatic heterocycles. The van der Waals surface area contributed by atoms with E-state index in [9.17, 15) is 23.6 Å². The van der Waals surface area contributed by atoms with E-state index in [4.69, 9.17) is 78.6 Å². The number of aromatic nitrogens is 6. The number of rotatable bonds is 23. The van der Waals surface area contributed by atoms with E-state index in [2.05, 4.69) is 25.0 Å². The van der Waals surface area contributed by atoms with Crippen molar-refractivity contribution in [3.8, 4) is 0 Å². The molecule has 348 valence electrons. The summed E-state index contributed by atoms with van der Waals surface area (Å²) < 4.78 is 99.3. The molecule has 4 unspecified atom stereocenters. The SMILES string of the molecule is CCOCCOP(=O)(O)OC[C@H]1O[C@@H](n2cnc(C(N)=O)n2)C2OC(C)(C)O[C@H]21.[C-]#[N+]CCOP(=O)(OCCOCC)OC[C@H]1O[C@@H](n2cnc(C(N)=O)n2)C2OC(C)(C)O[C@H]21. The fraction of sp³-hybridized carbons (Fsp3) is 0.788. The van der Waals surface area contributed by atoms with E-state index in [1.54, 1.807) is 34.6 Å². The molecular formula is C33H53N9O18P2. The third kappa shape index (κ3) is 13.3. The molecule has 6 heterocycles. The average Bonchev–Trinajstić information content (AvgIpc) is 4.06. The van der Waals surface area contributed by atoms with Crippen LogP contribution in [0, 0.1) is 6.57 Å². The van der Waals surface area contributed by atoms with Gasteiger partial charge in [0.05, 0.1) is 39.6 Å². The van der Waals surface area contributed by atoms with Crippen molar-refractivity contribution in [2.24, 2.45) is 11.5 Å². The van der Waals surface area contributed by atoms with E-state index >= 15 is 0 Å². The van der Waals surface area contributed by atoms with Crippen LogP contribution in [-0.2, 0) is 69.6 Å². The Bertz CT molecular complexity index is 1950. The van der Waals surface area contributed by atoms with Gasteiger partial charge in [0.25, 0.3) is 11.8 Å². The summed E-state index contributed by atoms with van der Waals surface area (Å²) in [7, 11) is -8.31. The number of hydrogen-bond acceptors (Lipinski definition) is 21. The van der Waals surface area contributed by atoms with Gasteiger partial charge in [0.1, 0.15) is 55.9 Å². The first kappa shape index (κ1) is 49.6. The minimum Gasteiger partial charge on any atom is -0.379 e. The Morgan fingerprint density at radius 1 is 0.726 bits per heavy atom. The van der Waals surface area contributed by atoms with Crippen LogP contribution in [-0.4, -0.2) is 160 Å². The Kier molecular flexibility index (Phi) is 17.2. The number of phosphoric ester groups is 2. The Balaban J connectivity index is 0.000000236. The number of phosphoric acid groups is 2. The van der Waals surface area contributed by atoms with Crippen molar-refractivity contribution in [1.29, 1.82) is 0 Å². The van der Waals surface area contributed by atoms with Gasteiger partial charge in [-0.3, -0.25) is 32.2 Å². The average molecular weight is 926 g/mol. The topological polar surface area (TPSA) is 326 Å². The summed E-state index contributed by atoms with van der Waals surface area (Å²) in [6.45, 7) is 17.9. The van der Waals surface area contributed by atoms with Crippen LogP contribution in [0.15, 0.2) is 12.7 Å². The summed E-state index contributed by atoms with van der Waals surface area (Å²) in [5, 5.41) is 8.02. The van der Waals surface area contributed by atoms with Crippen molar-refractivity contribution >= 4 is 27.5 Å². The van der Waals surface area contributed by atoms with Gasteiger partial charge in [-0.25, -0.2) is 35.0 Å². The molecule has 0 aliphatic carbocycles. The number of ether oxygens (including phenoxy) is 8. The van der Waals surface area contributed by atoms with Gasteiger partial charge in [-0.05, 0) is 41.5 Å². The predicted molar refractivity (Wildman–Crippen MR) is 204 cm³/mol. The molecule has 10 atom stereocenters. The quantitative estimate of drug-likeness (QED) is 0.0791. The highest BCUT2D eigenvalue weighted by Gasteiger charge is 2.58. The molecule has 2 aromatic rings. The minimum absolute atomic E-state index is 0.00545. The number of carbonyl (C=O) groups is 2. The smallest absolute Gasteiger partial charge is 0.379 e. The number of nitrogens with zero attached hydrogens (tertiary/aromatic N) is 7. The van der Waals surface area contributed by atoms with Crippen LogP contribution in [0.1, 0.15) is 75.2 Å². The van der Waals surface area contributed by atoms with Gasteiger partial charge in [-0.2, -0.15) is 0 Å². The van der Waals surface area contributed by atoms with E-state index in [-0.39, 0.29) is 64.4 Å². The third-order valence-electron chi connectivity index (χ3n) is 8.85. The number of primary amides is 2. The van der Waals surface area contributed by atoms with Crippen LogP contribution < -0.4 is 11.5 Å². The van der Waals surface area contributed by atoms with Gasteiger partial charge in [0.15, 0.2) is 24.0 Å². The number of fused-ring (bicyclic) bond motifs is 2. The van der Waals surface area contributed by atoms with Crippen molar-refractivity contribution in [2.75, 3.05) is 66.0 Å². The number of carbonyl (C=O) groups excluding carboxylic acids is 2. The van der Waals surface area contributed by atoms with Crippen LogP contribution in [0.5, 0.6) is 0 Å². The van der Waals surface area contributed by atoms with Gasteiger partial charge in [-0.1, -0.05) is 0 Å². The molecule has 4 saturated heterocycles. The zero-order chi connectivity index (χ0) is 45.3. The molecule has 27 nitrogen and oxygen atoms in total. The lowest BCUT2D eigenvalue weighted by molar-refractivity contribution is -0.201. The second-order valence-electron chi connectivity index (χ2n) is 14.4. The van der Waals surface area contributed by atoms with Crippen LogP contribution in [0.3, 0.4) is 0 Å². The molecule has 29 heteroatoms. The van der Waals surface area contributed by atoms with E-state index in [0.717, 1.165) is 0 Å². The Labute approximate surface area is 356 Å². The fourth-order valence-corrected chi connectivity index (χ4v) is 8.29. The maximum atomic E-state index is 13.0. The second kappa shape index (κ2) is 21.5. The van der Waals surface area contributed by atoms with Crippen molar-refractivity contribution in [3.63, 3.8) is 0 Å². The number of hydrogen-bond donors (Lipinski definition) is 3. The highest BCUT2D eigenvalue weighted by molar-refractivity contribution is 7.48. The van der Waals surface area contributed by atoms with Crippen molar-refractivity contribution in [3.05, 3.63) is 35.7 Å². The molecule has 4 aliphatic rings. The van der Waals surface area contributed by atoms with Crippen LogP contribution in [0.25, 0.3) is 4.85 Å². The minimum atomic E-state index is -4.31. The summed E-state index contributed by atoms with van der Waals surface area (Å²) in [6.07, 6.45) is -2.95. The van der Waals surface area contributed by atoms with Crippen LogP contribution >= 0.6 is 15.6 Å². The molecule has 0 aromatic carbocycles. The molecule has 0 saturated carbocycles. The molecule has 0 bridgehead atoms. The maximum Gasteiger partial charge on any atom is 0.475 e. The lowest BCUT2D eigenvalue weighted by atomic mass is 10.1. The predicted octanol–water partition coefficient (Wildman–Crippen LogP) is 0.873. The van der Waals surface area contributed by atoms with Gasteiger partial charge >= 0.3 is 15.6 Å². The summed E-state index contributed by atoms with van der Waals surface area (Å²) in [5.74, 6) is -3.76. The molecule has 62 heavy (non-hydrogen) atoms. The van der Waals surface area contributed by atoms with Gasteiger partial charge in [0, 0.05) is 13.2 Å². The van der Waals surface area contributed by atoms with Gasteiger partial charge in [-0.15, -0.1) is 10.2 Å². The monoisotopic (exact) mass is 925 g/mol. The van der Waals surface area contributed by atoms with E-state index in [1.807, 2.05) is 6.92 Å². The first-order chi connectivity index (χ1) is 29.3. The van der Waals surface area contributed by atoms with Crippen molar-refractivity contribution < 1.29 is 84.1 Å². The highest BCUT2D eigenvalue weighted by atomic mass is 31.2. The largest absolute Gasteiger partial charge is 0.475 e. The second-order valence-corrected chi connectivity index (χ2v) is 17.5. The van der Waals surface area contributed by atoms with E-state index in [1.165, 1.54) is 22.0 Å². The number of amides is 2. The first-order valence-corrected chi connectivity index (χ1v) is 22.3. The summed E-state index contributed by atoms with van der Waals surface area (Å²) in [5.41, 5.74) is 10.4. The standard InChI is InChI=1S/C18H28N5O9P.C15H25N4O9P/c1-5-26-8-9-28-33(25,27-7-6-20-4)29-10-12-13-14(32-18(2,3)31-13)17(30-12)23-11-21-16(22-23)15(19)24;1-4-23-5-6-24-29(21,22)25-7-9-10-11(28-15(2,3)27-10)14(26-9)19-8-17-13(18-19)12(16)20/h11-14,17H,5-10H2,1-3H3,(H2,19,24);8-11,14H,4-7H2,1-3H3,(H2,16,20)(H,21,22)/t12-,13+,14?,17-,33?;9-,10+,11?,14-/m11/s1. The maximum absolute atomic E-state index is 13.0. The zero-order valence-corrected chi connectivity index (χ0v) is 36.7. The normalized spacial score (nSPS) is 28.9. The highest BCUT2D eigenvalue weighted by Crippen LogP contribution is 2.51. The Hall–Kier alpha value is -3.39. The Morgan fingerprint density at radius 2 is 1.16 bits per heavy atom. The molecule has 5 N–H and O–H groups in total. The molecule has 0 spiro atoms. The van der Waals surface area contributed by atoms with E-state index in [0.29, 0.717) is 13.2 Å². The first-order valence-electron chi connectivity index (χ1n) is 19.4. The molecular weight excluding hydrogens is 872 g/mol. The van der Waals surface area contributed by atoms with Gasteiger partial charge < -0.3 is 59.1 Å². The van der Waals surface area contributed by atoms with Gasteiger partial charge in [0.2, 0.25) is 18.2 Å². The molecule has 2 aromatic heterocycles. The summed E-state index contributed by atoms with van der Waals surface area (Å²) >= 11 is 0. The lowest BCUT2D eigenvalue weighted by Crippen LogP contribution is -2.33. The molecule has 4 fully saturated rings. The summed E-state index contributed by atoms with van der Waals surface area (Å²) in [4.78, 5) is 43.3. The zero-order valence-electron chi connectivity index (χ0n) is 34.9. The van der Waals surface area contributed by atoms with Crippen molar-refractivity contribution in [1.82, 2.24) is 29.5 Å². The van der Waals surface area contributed by atoms with Crippen LogP contribution in [0.4, 0.5) is 0 Å². The Morgan fingerprint density at radius 3 is 1.60 bits per heavy atom. The molecule has 0 radical (unpaired) electrons. The molecule has 2 amide bonds.